The molecule has 6 nitrogen and oxygen atoms in total. The highest BCUT2D eigenvalue weighted by Crippen LogP contribution is 2.37. The van der Waals surface area contributed by atoms with Crippen molar-refractivity contribution in [3.8, 4) is 17.0 Å². The van der Waals surface area contributed by atoms with Crippen LogP contribution in [0.2, 0.25) is 0 Å². The van der Waals surface area contributed by atoms with E-state index in [-0.39, 0.29) is 30.2 Å². The van der Waals surface area contributed by atoms with Crippen LogP contribution in [0.15, 0.2) is 24.3 Å². The van der Waals surface area contributed by atoms with Gasteiger partial charge in [0.1, 0.15) is 17.4 Å². The molecule has 2 atom stereocenters. The first-order valence-electron chi connectivity index (χ1n) is 9.85. The average Bonchev–Trinajstić information content (AvgIpc) is 3.11. The Bertz CT molecular complexity index is 910. The quantitative estimate of drug-likeness (QED) is 0.791. The molecule has 2 saturated heterocycles. The molecule has 29 heavy (non-hydrogen) atoms. The number of benzene rings is 1. The van der Waals surface area contributed by atoms with Crippen LogP contribution < -0.4 is 15.4 Å². The summed E-state index contributed by atoms with van der Waals surface area (Å²) >= 11 is 0. The first kappa shape index (κ1) is 21.5. The molecule has 4 rings (SSSR count). The standard InChI is InChI=1S/C21H25FN4O2.ClH/c1-3-28-14-5-6-16(22)15(12-14)18-11-13(2)24-19(25-18)17-7-9-21(26-17)8-4-10-23-20(21)27;/h5-6,11-12,17,26H,3-4,7-10H2,1-2H3,(H,23,27);1H/t17-,21-;/m1./s1. The van der Waals surface area contributed by atoms with Crippen molar-refractivity contribution in [2.45, 2.75) is 51.1 Å². The molecule has 0 bridgehead atoms. The van der Waals surface area contributed by atoms with Crippen LogP contribution in [-0.2, 0) is 4.79 Å². The number of nitrogens with zero attached hydrogens (tertiary/aromatic N) is 2. The fraction of sp³-hybridized carbons (Fsp3) is 0.476. The highest BCUT2D eigenvalue weighted by molar-refractivity contribution is 5.87. The summed E-state index contributed by atoms with van der Waals surface area (Å²) in [6.45, 7) is 5.00. The average molecular weight is 421 g/mol. The summed E-state index contributed by atoms with van der Waals surface area (Å²) in [5.41, 5.74) is 1.14. The van der Waals surface area contributed by atoms with Crippen LogP contribution in [0.5, 0.6) is 5.75 Å². The van der Waals surface area contributed by atoms with E-state index in [1.807, 2.05) is 13.8 Å². The molecule has 1 spiro atoms. The minimum Gasteiger partial charge on any atom is -0.494 e. The van der Waals surface area contributed by atoms with E-state index >= 15 is 0 Å². The van der Waals surface area contributed by atoms with Gasteiger partial charge in [-0.3, -0.25) is 10.1 Å². The van der Waals surface area contributed by atoms with E-state index in [1.54, 1.807) is 18.2 Å². The Kier molecular flexibility index (Phi) is 6.39. The van der Waals surface area contributed by atoms with Crippen LogP contribution in [0.4, 0.5) is 4.39 Å². The van der Waals surface area contributed by atoms with Crippen LogP contribution in [0, 0.1) is 12.7 Å². The largest absolute Gasteiger partial charge is 0.494 e. The lowest BCUT2D eigenvalue weighted by Gasteiger charge is -2.33. The fourth-order valence-corrected chi connectivity index (χ4v) is 4.16. The second kappa shape index (κ2) is 8.63. The maximum atomic E-state index is 14.5. The molecular formula is C21H26ClFN4O2. The van der Waals surface area contributed by atoms with Crippen molar-refractivity contribution in [3.63, 3.8) is 0 Å². The van der Waals surface area contributed by atoms with Gasteiger partial charge in [-0.05, 0) is 63.8 Å². The van der Waals surface area contributed by atoms with Crippen LogP contribution in [-0.4, -0.2) is 34.6 Å². The smallest absolute Gasteiger partial charge is 0.240 e. The molecule has 2 aromatic rings. The van der Waals surface area contributed by atoms with Crippen LogP contribution in [0.3, 0.4) is 0 Å². The number of aromatic nitrogens is 2. The maximum absolute atomic E-state index is 14.5. The number of hydrogen-bond donors (Lipinski definition) is 2. The van der Waals surface area contributed by atoms with Crippen molar-refractivity contribution in [2.75, 3.05) is 13.2 Å². The minimum absolute atomic E-state index is 0. The molecule has 0 unspecified atom stereocenters. The third-order valence-electron chi connectivity index (χ3n) is 5.52. The summed E-state index contributed by atoms with van der Waals surface area (Å²) in [6.07, 6.45) is 3.31. The summed E-state index contributed by atoms with van der Waals surface area (Å²) in [7, 11) is 0. The van der Waals surface area contributed by atoms with Crippen molar-refractivity contribution in [2.24, 2.45) is 0 Å². The Morgan fingerprint density at radius 3 is 2.86 bits per heavy atom. The zero-order valence-corrected chi connectivity index (χ0v) is 17.4. The van der Waals surface area contributed by atoms with Gasteiger partial charge in [-0.1, -0.05) is 0 Å². The van der Waals surface area contributed by atoms with E-state index in [4.69, 9.17) is 4.74 Å². The number of halogens is 2. The van der Waals surface area contributed by atoms with Crippen molar-refractivity contribution >= 4 is 18.3 Å². The van der Waals surface area contributed by atoms with Gasteiger partial charge >= 0.3 is 0 Å². The van der Waals surface area contributed by atoms with Gasteiger partial charge in [-0.25, -0.2) is 14.4 Å². The first-order valence-corrected chi connectivity index (χ1v) is 9.85. The fourth-order valence-electron chi connectivity index (χ4n) is 4.16. The van der Waals surface area contributed by atoms with Gasteiger partial charge in [0, 0.05) is 17.8 Å². The molecule has 156 valence electrons. The van der Waals surface area contributed by atoms with Crippen LogP contribution in [0.25, 0.3) is 11.3 Å². The molecule has 1 aromatic carbocycles. The molecule has 1 aromatic heterocycles. The number of aryl methyl sites for hydroxylation is 1. The number of hydrogen-bond acceptors (Lipinski definition) is 5. The van der Waals surface area contributed by atoms with Gasteiger partial charge in [0.2, 0.25) is 5.91 Å². The minimum atomic E-state index is -0.531. The Morgan fingerprint density at radius 2 is 2.10 bits per heavy atom. The number of nitrogens with one attached hydrogen (secondary N) is 2. The SMILES string of the molecule is CCOc1ccc(F)c(-c2cc(C)nc([C@H]3CC[C@@]4(CCCNC4=O)N3)n2)c1.Cl. The number of piperidine rings is 1. The summed E-state index contributed by atoms with van der Waals surface area (Å²) < 4.78 is 20.0. The lowest BCUT2D eigenvalue weighted by atomic mass is 9.88. The van der Waals surface area contributed by atoms with Crippen molar-refractivity contribution < 1.29 is 13.9 Å². The molecule has 2 N–H and O–H groups in total. The lowest BCUT2D eigenvalue weighted by Crippen LogP contribution is -2.57. The van der Waals surface area contributed by atoms with Gasteiger partial charge in [0.05, 0.1) is 23.9 Å². The predicted molar refractivity (Wildman–Crippen MR) is 111 cm³/mol. The topological polar surface area (TPSA) is 76.1 Å². The molecule has 8 heteroatoms. The predicted octanol–water partition coefficient (Wildman–Crippen LogP) is 3.48. The van der Waals surface area contributed by atoms with E-state index in [0.717, 1.165) is 37.9 Å². The Hall–Kier alpha value is -2.25. The highest BCUT2D eigenvalue weighted by atomic mass is 35.5. The second-order valence-corrected chi connectivity index (χ2v) is 7.50. The van der Waals surface area contributed by atoms with Gasteiger partial charge in [-0.15, -0.1) is 12.4 Å². The summed E-state index contributed by atoms with van der Waals surface area (Å²) in [5, 5.41) is 6.42. The van der Waals surface area contributed by atoms with E-state index in [1.165, 1.54) is 6.07 Å². The van der Waals surface area contributed by atoms with E-state index in [0.29, 0.717) is 29.4 Å². The number of carbonyl (C=O) groups is 1. The van der Waals surface area contributed by atoms with Gasteiger partial charge in [-0.2, -0.15) is 0 Å². The third-order valence-corrected chi connectivity index (χ3v) is 5.52. The lowest BCUT2D eigenvalue weighted by molar-refractivity contribution is -0.129. The first-order chi connectivity index (χ1) is 13.5. The number of amides is 1. The highest BCUT2D eigenvalue weighted by Gasteiger charge is 2.46. The van der Waals surface area contributed by atoms with Crippen LogP contribution >= 0.6 is 12.4 Å². The molecule has 3 heterocycles. The summed E-state index contributed by atoms with van der Waals surface area (Å²) in [6, 6.07) is 6.33. The molecule has 0 aliphatic carbocycles. The normalized spacial score (nSPS) is 23.6. The Labute approximate surface area is 176 Å². The van der Waals surface area contributed by atoms with Crippen molar-refractivity contribution in [3.05, 3.63) is 41.6 Å². The van der Waals surface area contributed by atoms with Crippen molar-refractivity contribution in [1.82, 2.24) is 20.6 Å². The van der Waals surface area contributed by atoms with Gasteiger partial charge in [0.25, 0.3) is 0 Å². The Morgan fingerprint density at radius 1 is 1.28 bits per heavy atom. The maximum Gasteiger partial charge on any atom is 0.240 e. The molecule has 2 aliphatic heterocycles. The van der Waals surface area contributed by atoms with Crippen molar-refractivity contribution in [1.29, 1.82) is 0 Å². The van der Waals surface area contributed by atoms with Gasteiger partial charge in [0.15, 0.2) is 0 Å². The molecule has 2 fully saturated rings. The zero-order valence-electron chi connectivity index (χ0n) is 16.6. The van der Waals surface area contributed by atoms with E-state index in [9.17, 15) is 9.18 Å². The zero-order chi connectivity index (χ0) is 19.7. The monoisotopic (exact) mass is 420 g/mol. The number of carbonyl (C=O) groups excluding carboxylic acids is 1. The van der Waals surface area contributed by atoms with Crippen LogP contribution in [0.1, 0.15) is 50.2 Å². The summed E-state index contributed by atoms with van der Waals surface area (Å²) in [4.78, 5) is 21.6. The van der Waals surface area contributed by atoms with E-state index in [2.05, 4.69) is 20.6 Å². The van der Waals surface area contributed by atoms with Gasteiger partial charge < -0.3 is 10.1 Å². The molecule has 0 radical (unpaired) electrons. The Balaban J connectivity index is 0.00000240. The molecular weight excluding hydrogens is 395 g/mol. The molecule has 2 aliphatic rings. The second-order valence-electron chi connectivity index (χ2n) is 7.50. The number of ether oxygens (including phenoxy) is 1. The van der Waals surface area contributed by atoms with E-state index < -0.39 is 5.54 Å². The third kappa shape index (κ3) is 4.21. The number of rotatable bonds is 4. The summed E-state index contributed by atoms with van der Waals surface area (Å²) in [5.74, 6) is 0.916. The molecule has 1 amide bonds. The molecule has 0 saturated carbocycles.